The first-order valence-corrected chi connectivity index (χ1v) is 5.98. The maximum atomic E-state index is 11.8. The fourth-order valence-electron chi connectivity index (χ4n) is 1.82. The Morgan fingerprint density at radius 2 is 1.88 bits per heavy atom. The normalized spacial score (nSPS) is 12.7. The molecule has 1 aromatic rings. The van der Waals surface area contributed by atoms with E-state index in [1.807, 2.05) is 30.3 Å². The van der Waals surface area contributed by atoms with E-state index in [0.717, 1.165) is 5.56 Å². The first-order valence-electron chi connectivity index (χ1n) is 5.98. The molecule has 0 fully saturated rings. The Hall–Kier alpha value is -1.19. The van der Waals surface area contributed by atoms with Gasteiger partial charge in [-0.3, -0.25) is 4.79 Å². The Kier molecular flexibility index (Phi) is 5.87. The summed E-state index contributed by atoms with van der Waals surface area (Å²) in [7, 11) is 1.57. The summed E-state index contributed by atoms with van der Waals surface area (Å²) in [6.07, 6.45) is 1.09. The summed E-state index contributed by atoms with van der Waals surface area (Å²) < 4.78 is 0. The van der Waals surface area contributed by atoms with Crippen LogP contribution < -0.4 is 5.48 Å². The van der Waals surface area contributed by atoms with Crippen molar-refractivity contribution in [2.75, 3.05) is 7.11 Å². The number of carbonyl (C=O) groups excluding carboxylic acids is 1. The predicted molar refractivity (Wildman–Crippen MR) is 68.4 cm³/mol. The number of hydrogen-bond acceptors (Lipinski definition) is 3. The molecule has 0 heterocycles. The standard InChI is InChI=1S/C14H21NO2/c1-11(2)9-13(16)10-14(15-17-3)12-7-5-4-6-8-12/h4-8,11,14-15H,9-10H2,1-3H3/t14-/m0/s1. The lowest BCUT2D eigenvalue weighted by Crippen LogP contribution is -2.23. The van der Waals surface area contributed by atoms with Gasteiger partial charge in [0, 0.05) is 12.8 Å². The predicted octanol–water partition coefficient (Wildman–Crippen LogP) is 2.88. The van der Waals surface area contributed by atoms with Crippen LogP contribution in [0.25, 0.3) is 0 Å². The second-order valence-electron chi connectivity index (χ2n) is 4.63. The zero-order valence-electron chi connectivity index (χ0n) is 10.8. The molecule has 0 saturated heterocycles. The largest absolute Gasteiger partial charge is 0.305 e. The molecule has 0 aliphatic rings. The number of hydroxylamine groups is 1. The van der Waals surface area contributed by atoms with Crippen LogP contribution in [0.5, 0.6) is 0 Å². The van der Waals surface area contributed by atoms with E-state index in [0.29, 0.717) is 18.8 Å². The molecule has 0 aliphatic carbocycles. The molecule has 0 bridgehead atoms. The minimum Gasteiger partial charge on any atom is -0.305 e. The number of Topliss-reactive ketones (excluding diaryl/α,β-unsaturated/α-hetero) is 1. The van der Waals surface area contributed by atoms with E-state index in [1.165, 1.54) is 0 Å². The molecule has 1 N–H and O–H groups in total. The first-order chi connectivity index (χ1) is 8.13. The quantitative estimate of drug-likeness (QED) is 0.738. The van der Waals surface area contributed by atoms with Crippen molar-refractivity contribution in [3.05, 3.63) is 35.9 Å². The van der Waals surface area contributed by atoms with Crippen LogP contribution in [0.3, 0.4) is 0 Å². The molecular formula is C14H21NO2. The SMILES string of the molecule is CON[C@@H](CC(=O)CC(C)C)c1ccccc1. The molecule has 3 heteroatoms. The molecular weight excluding hydrogens is 214 g/mol. The molecule has 0 spiro atoms. The smallest absolute Gasteiger partial charge is 0.135 e. The monoisotopic (exact) mass is 235 g/mol. The lowest BCUT2D eigenvalue weighted by atomic mass is 9.97. The fourth-order valence-corrected chi connectivity index (χ4v) is 1.82. The van der Waals surface area contributed by atoms with Gasteiger partial charge in [0.2, 0.25) is 0 Å². The van der Waals surface area contributed by atoms with Gasteiger partial charge < -0.3 is 4.84 Å². The van der Waals surface area contributed by atoms with Crippen molar-refractivity contribution in [1.82, 2.24) is 5.48 Å². The minimum atomic E-state index is -0.0625. The average molecular weight is 235 g/mol. The van der Waals surface area contributed by atoms with Gasteiger partial charge in [-0.05, 0) is 11.5 Å². The Morgan fingerprint density at radius 3 is 2.41 bits per heavy atom. The lowest BCUT2D eigenvalue weighted by molar-refractivity contribution is -0.121. The molecule has 0 radical (unpaired) electrons. The van der Waals surface area contributed by atoms with Crippen LogP contribution in [0.1, 0.15) is 38.3 Å². The molecule has 94 valence electrons. The van der Waals surface area contributed by atoms with E-state index in [9.17, 15) is 4.79 Å². The van der Waals surface area contributed by atoms with Gasteiger partial charge in [-0.15, -0.1) is 0 Å². The zero-order valence-corrected chi connectivity index (χ0v) is 10.8. The minimum absolute atomic E-state index is 0.0625. The average Bonchev–Trinajstić information content (AvgIpc) is 2.28. The van der Waals surface area contributed by atoms with Crippen LogP contribution in [0.2, 0.25) is 0 Å². The van der Waals surface area contributed by atoms with Crippen LogP contribution >= 0.6 is 0 Å². The summed E-state index contributed by atoms with van der Waals surface area (Å²) in [6.45, 7) is 4.11. The van der Waals surface area contributed by atoms with Crippen molar-refractivity contribution >= 4 is 5.78 Å². The topological polar surface area (TPSA) is 38.3 Å². The van der Waals surface area contributed by atoms with Crippen molar-refractivity contribution in [3.8, 4) is 0 Å². The van der Waals surface area contributed by atoms with Gasteiger partial charge in [-0.1, -0.05) is 44.2 Å². The summed E-state index contributed by atoms with van der Waals surface area (Å²) >= 11 is 0. The number of hydrogen-bond donors (Lipinski definition) is 1. The molecule has 0 unspecified atom stereocenters. The van der Waals surface area contributed by atoms with Crippen molar-refractivity contribution < 1.29 is 9.63 Å². The van der Waals surface area contributed by atoms with Gasteiger partial charge in [0.15, 0.2) is 0 Å². The highest BCUT2D eigenvalue weighted by atomic mass is 16.6. The molecule has 1 atom stereocenters. The summed E-state index contributed by atoms with van der Waals surface area (Å²) in [6, 6.07) is 9.83. The highest BCUT2D eigenvalue weighted by Gasteiger charge is 2.16. The van der Waals surface area contributed by atoms with E-state index in [4.69, 9.17) is 4.84 Å². The van der Waals surface area contributed by atoms with Crippen molar-refractivity contribution in [1.29, 1.82) is 0 Å². The summed E-state index contributed by atoms with van der Waals surface area (Å²) in [5.41, 5.74) is 3.96. The van der Waals surface area contributed by atoms with Gasteiger partial charge in [-0.2, -0.15) is 5.48 Å². The Bertz CT molecular complexity index is 335. The van der Waals surface area contributed by atoms with Gasteiger partial charge in [0.25, 0.3) is 0 Å². The Labute approximate surface area is 103 Å². The second kappa shape index (κ2) is 7.20. The summed E-state index contributed by atoms with van der Waals surface area (Å²) in [5.74, 6) is 0.667. The molecule has 3 nitrogen and oxygen atoms in total. The first kappa shape index (κ1) is 13.9. The summed E-state index contributed by atoms with van der Waals surface area (Å²) in [5, 5.41) is 0. The van der Waals surface area contributed by atoms with Crippen molar-refractivity contribution in [3.63, 3.8) is 0 Å². The third-order valence-electron chi connectivity index (χ3n) is 2.53. The fraction of sp³-hybridized carbons (Fsp3) is 0.500. The van der Waals surface area contributed by atoms with Crippen molar-refractivity contribution in [2.45, 2.75) is 32.7 Å². The Morgan fingerprint density at radius 1 is 1.24 bits per heavy atom. The van der Waals surface area contributed by atoms with Crippen LogP contribution in [-0.2, 0) is 9.63 Å². The highest BCUT2D eigenvalue weighted by molar-refractivity contribution is 5.79. The van der Waals surface area contributed by atoms with Crippen LogP contribution in [0.4, 0.5) is 0 Å². The van der Waals surface area contributed by atoms with E-state index >= 15 is 0 Å². The highest BCUT2D eigenvalue weighted by Crippen LogP contribution is 2.18. The summed E-state index contributed by atoms with van der Waals surface area (Å²) in [4.78, 5) is 16.8. The molecule has 0 aliphatic heterocycles. The van der Waals surface area contributed by atoms with Crippen LogP contribution in [0.15, 0.2) is 30.3 Å². The van der Waals surface area contributed by atoms with Crippen LogP contribution in [0, 0.1) is 5.92 Å². The van der Waals surface area contributed by atoms with E-state index < -0.39 is 0 Å². The van der Waals surface area contributed by atoms with Crippen molar-refractivity contribution in [2.24, 2.45) is 5.92 Å². The number of nitrogens with one attached hydrogen (secondary N) is 1. The Balaban J connectivity index is 2.64. The lowest BCUT2D eigenvalue weighted by Gasteiger charge is -2.17. The number of carbonyl (C=O) groups is 1. The van der Waals surface area contributed by atoms with E-state index in [-0.39, 0.29) is 11.8 Å². The molecule has 1 rings (SSSR count). The zero-order chi connectivity index (χ0) is 12.7. The van der Waals surface area contributed by atoms with Gasteiger partial charge in [-0.25, -0.2) is 0 Å². The van der Waals surface area contributed by atoms with Gasteiger partial charge >= 0.3 is 0 Å². The van der Waals surface area contributed by atoms with Gasteiger partial charge in [0.05, 0.1) is 13.2 Å². The van der Waals surface area contributed by atoms with Gasteiger partial charge in [0.1, 0.15) is 5.78 Å². The van der Waals surface area contributed by atoms with E-state index in [2.05, 4.69) is 19.3 Å². The second-order valence-corrected chi connectivity index (χ2v) is 4.63. The molecule has 0 aromatic heterocycles. The maximum absolute atomic E-state index is 11.8. The number of benzene rings is 1. The molecule has 0 saturated carbocycles. The third kappa shape index (κ3) is 5.11. The van der Waals surface area contributed by atoms with E-state index in [1.54, 1.807) is 7.11 Å². The number of rotatable bonds is 7. The maximum Gasteiger partial charge on any atom is 0.135 e. The number of ketones is 1. The van der Waals surface area contributed by atoms with Crippen LogP contribution in [-0.4, -0.2) is 12.9 Å². The molecule has 0 amide bonds. The molecule has 1 aromatic carbocycles. The molecule has 17 heavy (non-hydrogen) atoms. The third-order valence-corrected chi connectivity index (χ3v) is 2.53.